The van der Waals surface area contributed by atoms with Crippen LogP contribution < -0.4 is 4.74 Å². The lowest BCUT2D eigenvalue weighted by molar-refractivity contribution is -0.128. The van der Waals surface area contributed by atoms with Gasteiger partial charge in [-0.05, 0) is 31.2 Å². The number of nitriles is 1. The van der Waals surface area contributed by atoms with Gasteiger partial charge >= 0.3 is 5.97 Å². The largest absolute Gasteiger partial charge is 0.423 e. The van der Waals surface area contributed by atoms with Crippen LogP contribution in [0.1, 0.15) is 12.5 Å². The van der Waals surface area contributed by atoms with Crippen molar-refractivity contribution in [1.82, 2.24) is 0 Å². The molecule has 0 heterocycles. The van der Waals surface area contributed by atoms with Crippen molar-refractivity contribution >= 4 is 5.97 Å². The summed E-state index contributed by atoms with van der Waals surface area (Å²) in [6.07, 6.45) is 6.48. The van der Waals surface area contributed by atoms with E-state index in [2.05, 4.69) is 0 Å². The number of allylic oxidation sites excluding steroid dienone is 3. The Bertz CT molecular complexity index is 450. The number of esters is 1. The highest BCUT2D eigenvalue weighted by molar-refractivity contribution is 5.84. The van der Waals surface area contributed by atoms with Gasteiger partial charge in [0, 0.05) is 6.08 Å². The molecule has 1 aromatic carbocycles. The van der Waals surface area contributed by atoms with Crippen molar-refractivity contribution in [3.8, 4) is 11.8 Å². The third-order valence-corrected chi connectivity index (χ3v) is 1.74. The van der Waals surface area contributed by atoms with E-state index in [9.17, 15) is 4.79 Å². The molecule has 0 saturated carbocycles. The summed E-state index contributed by atoms with van der Waals surface area (Å²) in [6, 6.07) is 8.34. The molecule has 0 radical (unpaired) electrons. The zero-order valence-corrected chi connectivity index (χ0v) is 8.88. The molecule has 3 heteroatoms. The number of hydrogen-bond acceptors (Lipinski definition) is 3. The maximum absolute atomic E-state index is 11.2. The number of benzene rings is 1. The van der Waals surface area contributed by atoms with Crippen molar-refractivity contribution in [3.63, 3.8) is 0 Å². The molecule has 0 aliphatic rings. The van der Waals surface area contributed by atoms with Gasteiger partial charge in [-0.3, -0.25) is 0 Å². The fourth-order valence-electron chi connectivity index (χ4n) is 0.993. The Balaban J connectivity index is 2.60. The molecular formula is C13H11NO2. The first-order valence-corrected chi connectivity index (χ1v) is 4.77. The molecule has 0 aliphatic carbocycles. The highest BCUT2D eigenvalue weighted by atomic mass is 16.5. The second kappa shape index (κ2) is 6.20. The number of carbonyl (C=O) groups excluding carboxylic acids is 1. The van der Waals surface area contributed by atoms with Crippen molar-refractivity contribution in [3.05, 3.63) is 54.1 Å². The van der Waals surface area contributed by atoms with E-state index < -0.39 is 5.97 Å². The minimum absolute atomic E-state index is 0.425. The second-order valence-corrected chi connectivity index (χ2v) is 2.94. The molecule has 1 aromatic rings. The van der Waals surface area contributed by atoms with E-state index in [1.54, 1.807) is 36.4 Å². The van der Waals surface area contributed by atoms with Crippen LogP contribution >= 0.6 is 0 Å². The lowest BCUT2D eigenvalue weighted by Gasteiger charge is -1.99. The summed E-state index contributed by atoms with van der Waals surface area (Å²) in [6.45, 7) is 1.86. The third-order valence-electron chi connectivity index (χ3n) is 1.74. The van der Waals surface area contributed by atoms with Crippen LogP contribution in [0.3, 0.4) is 0 Å². The van der Waals surface area contributed by atoms with Crippen LogP contribution in [0, 0.1) is 11.3 Å². The Kier molecular flexibility index (Phi) is 4.55. The molecule has 0 saturated heterocycles. The molecule has 0 amide bonds. The molecule has 80 valence electrons. The van der Waals surface area contributed by atoms with Gasteiger partial charge in [0.25, 0.3) is 0 Å². The van der Waals surface area contributed by atoms with Crippen molar-refractivity contribution in [1.29, 1.82) is 5.26 Å². The monoisotopic (exact) mass is 213 g/mol. The van der Waals surface area contributed by atoms with E-state index >= 15 is 0 Å². The summed E-state index contributed by atoms with van der Waals surface area (Å²) in [5.74, 6) is -0.0167. The van der Waals surface area contributed by atoms with Gasteiger partial charge in [-0.2, -0.15) is 5.26 Å². The number of hydrogen-bond donors (Lipinski definition) is 0. The molecule has 0 spiro atoms. The van der Waals surface area contributed by atoms with Crippen molar-refractivity contribution in [2.75, 3.05) is 0 Å². The summed E-state index contributed by atoms with van der Waals surface area (Å²) >= 11 is 0. The SMILES string of the molecule is CC=CC=CC(=O)Oc1ccc(C#N)cc1. The minimum Gasteiger partial charge on any atom is -0.423 e. The Morgan fingerprint density at radius 3 is 2.56 bits per heavy atom. The molecule has 16 heavy (non-hydrogen) atoms. The number of carbonyl (C=O) groups is 1. The predicted molar refractivity (Wildman–Crippen MR) is 60.7 cm³/mol. The van der Waals surface area contributed by atoms with Gasteiger partial charge in [-0.25, -0.2) is 4.79 Å². The summed E-state index contributed by atoms with van der Waals surface area (Å²) in [5.41, 5.74) is 0.532. The van der Waals surface area contributed by atoms with Gasteiger partial charge in [-0.1, -0.05) is 18.2 Å². The van der Waals surface area contributed by atoms with Crippen LogP contribution in [-0.2, 0) is 4.79 Å². The molecule has 0 fully saturated rings. The normalized spacial score (nSPS) is 10.5. The maximum Gasteiger partial charge on any atom is 0.336 e. The Hall–Kier alpha value is -2.34. The molecule has 0 bridgehead atoms. The number of nitrogens with zero attached hydrogens (tertiary/aromatic N) is 1. The quantitative estimate of drug-likeness (QED) is 0.335. The standard InChI is InChI=1S/C13H11NO2/c1-2-3-4-5-13(15)16-12-8-6-11(10-14)7-9-12/h2-9H,1H3. The smallest absolute Gasteiger partial charge is 0.336 e. The zero-order valence-electron chi connectivity index (χ0n) is 8.88. The first kappa shape index (κ1) is 11.7. The molecule has 0 aromatic heterocycles. The summed E-state index contributed by atoms with van der Waals surface area (Å²) in [4.78, 5) is 11.2. The molecule has 3 nitrogen and oxygen atoms in total. The van der Waals surface area contributed by atoms with Gasteiger partial charge in [0.1, 0.15) is 5.75 Å². The Morgan fingerprint density at radius 2 is 2.00 bits per heavy atom. The van der Waals surface area contributed by atoms with Crippen LogP contribution in [0.5, 0.6) is 5.75 Å². The molecule has 0 unspecified atom stereocenters. The van der Waals surface area contributed by atoms with E-state index in [1.807, 2.05) is 19.1 Å². The maximum atomic E-state index is 11.2. The second-order valence-electron chi connectivity index (χ2n) is 2.94. The molecular weight excluding hydrogens is 202 g/mol. The van der Waals surface area contributed by atoms with Gasteiger partial charge < -0.3 is 4.74 Å². The fourth-order valence-corrected chi connectivity index (χ4v) is 0.993. The van der Waals surface area contributed by atoms with Crippen LogP contribution in [-0.4, -0.2) is 5.97 Å². The first-order chi connectivity index (χ1) is 7.76. The van der Waals surface area contributed by atoms with E-state index in [0.717, 1.165) is 0 Å². The summed E-state index contributed by atoms with van der Waals surface area (Å²) in [7, 11) is 0. The lowest BCUT2D eigenvalue weighted by Crippen LogP contribution is -2.03. The van der Waals surface area contributed by atoms with Crippen molar-refractivity contribution < 1.29 is 9.53 Å². The number of ether oxygens (including phenoxy) is 1. The van der Waals surface area contributed by atoms with Gasteiger partial charge in [0.15, 0.2) is 0 Å². The summed E-state index contributed by atoms with van der Waals surface area (Å²) in [5, 5.41) is 8.58. The van der Waals surface area contributed by atoms with Crippen LogP contribution in [0.2, 0.25) is 0 Å². The molecule has 1 rings (SSSR count). The summed E-state index contributed by atoms with van der Waals surface area (Å²) < 4.78 is 4.99. The Morgan fingerprint density at radius 1 is 1.31 bits per heavy atom. The van der Waals surface area contributed by atoms with Gasteiger partial charge in [-0.15, -0.1) is 0 Å². The van der Waals surface area contributed by atoms with Crippen molar-refractivity contribution in [2.45, 2.75) is 6.92 Å². The zero-order chi connectivity index (χ0) is 11.8. The van der Waals surface area contributed by atoms with Crippen LogP contribution in [0.15, 0.2) is 48.6 Å². The highest BCUT2D eigenvalue weighted by Gasteiger charge is 1.99. The minimum atomic E-state index is -0.442. The average Bonchev–Trinajstić information content (AvgIpc) is 2.30. The van der Waals surface area contributed by atoms with Crippen LogP contribution in [0.4, 0.5) is 0 Å². The van der Waals surface area contributed by atoms with Crippen LogP contribution in [0.25, 0.3) is 0 Å². The number of rotatable bonds is 3. The van der Waals surface area contributed by atoms with Crippen molar-refractivity contribution in [2.24, 2.45) is 0 Å². The van der Waals surface area contributed by atoms with E-state index in [1.165, 1.54) is 6.08 Å². The van der Waals surface area contributed by atoms with Gasteiger partial charge in [0.05, 0.1) is 11.6 Å². The first-order valence-electron chi connectivity index (χ1n) is 4.77. The lowest BCUT2D eigenvalue weighted by atomic mass is 10.2. The Labute approximate surface area is 94.3 Å². The predicted octanol–water partition coefficient (Wildman–Crippen LogP) is 2.60. The topological polar surface area (TPSA) is 50.1 Å². The highest BCUT2D eigenvalue weighted by Crippen LogP contribution is 2.11. The fraction of sp³-hybridized carbons (Fsp3) is 0.0769. The van der Waals surface area contributed by atoms with E-state index in [-0.39, 0.29) is 0 Å². The molecule has 0 aliphatic heterocycles. The molecule has 0 N–H and O–H groups in total. The molecule has 0 atom stereocenters. The van der Waals surface area contributed by atoms with E-state index in [0.29, 0.717) is 11.3 Å². The third kappa shape index (κ3) is 3.81. The average molecular weight is 213 g/mol. The van der Waals surface area contributed by atoms with Gasteiger partial charge in [0.2, 0.25) is 0 Å². The van der Waals surface area contributed by atoms with E-state index in [4.69, 9.17) is 10.00 Å².